The Morgan fingerprint density at radius 2 is 2.08 bits per heavy atom. The molecule has 24 heavy (non-hydrogen) atoms. The Hall–Kier alpha value is -2.49. The molecule has 1 aromatic carbocycles. The van der Waals surface area contributed by atoms with Crippen LogP contribution in [0.4, 0.5) is 5.69 Å². The standard InChI is InChI=1S/C15H14N2O5S2/c16-24(20,21)13-3-1-2-12(8-13)17-14(18)9-22-15(19)5-4-11-6-7-23-10-11/h1-8,10H,9H2,(H,17,18)(H2,16,20,21)/b5-4+. The smallest absolute Gasteiger partial charge is 0.331 e. The number of ether oxygens (including phenoxy) is 1. The van der Waals surface area contributed by atoms with Gasteiger partial charge in [0.25, 0.3) is 5.91 Å². The minimum Gasteiger partial charge on any atom is -0.452 e. The maximum atomic E-state index is 11.7. The number of esters is 1. The Kier molecular flexibility index (Phi) is 5.85. The van der Waals surface area contributed by atoms with E-state index in [1.165, 1.54) is 41.7 Å². The highest BCUT2D eigenvalue weighted by atomic mass is 32.2. The van der Waals surface area contributed by atoms with Gasteiger partial charge < -0.3 is 10.1 Å². The first-order valence-electron chi connectivity index (χ1n) is 6.64. The lowest BCUT2D eigenvalue weighted by molar-refractivity contribution is -0.142. The fraction of sp³-hybridized carbons (Fsp3) is 0.0667. The molecule has 0 fully saturated rings. The van der Waals surface area contributed by atoms with Crippen molar-refractivity contribution in [3.8, 4) is 0 Å². The second kappa shape index (κ2) is 7.86. The number of rotatable bonds is 6. The molecule has 0 saturated carbocycles. The summed E-state index contributed by atoms with van der Waals surface area (Å²) in [7, 11) is -3.86. The molecule has 0 aliphatic carbocycles. The van der Waals surface area contributed by atoms with Crippen LogP contribution in [0.15, 0.2) is 52.1 Å². The first-order chi connectivity index (χ1) is 11.3. The van der Waals surface area contributed by atoms with Crippen molar-refractivity contribution in [2.75, 3.05) is 11.9 Å². The molecule has 126 valence electrons. The van der Waals surface area contributed by atoms with Crippen LogP contribution in [0, 0.1) is 0 Å². The summed E-state index contributed by atoms with van der Waals surface area (Å²) in [6.07, 6.45) is 2.79. The lowest BCUT2D eigenvalue weighted by Crippen LogP contribution is -2.20. The predicted octanol–water partition coefficient (Wildman–Crippen LogP) is 1.59. The molecule has 0 aliphatic rings. The van der Waals surface area contributed by atoms with E-state index in [1.54, 1.807) is 6.08 Å². The normalized spacial score (nSPS) is 11.4. The average Bonchev–Trinajstić information content (AvgIpc) is 3.04. The van der Waals surface area contributed by atoms with Crippen LogP contribution in [0.25, 0.3) is 6.08 Å². The molecule has 1 heterocycles. The number of benzene rings is 1. The van der Waals surface area contributed by atoms with Gasteiger partial charge in [-0.3, -0.25) is 4.79 Å². The molecule has 0 unspecified atom stereocenters. The van der Waals surface area contributed by atoms with Crippen LogP contribution in [0.2, 0.25) is 0 Å². The molecular formula is C15H14N2O5S2. The summed E-state index contributed by atoms with van der Waals surface area (Å²) < 4.78 is 27.3. The number of nitrogens with one attached hydrogen (secondary N) is 1. The number of anilines is 1. The fourth-order valence-electron chi connectivity index (χ4n) is 1.67. The summed E-state index contributed by atoms with van der Waals surface area (Å²) in [5.74, 6) is -1.26. The molecule has 1 aromatic heterocycles. The Morgan fingerprint density at radius 1 is 1.29 bits per heavy atom. The Morgan fingerprint density at radius 3 is 2.75 bits per heavy atom. The zero-order valence-corrected chi connectivity index (χ0v) is 14.0. The monoisotopic (exact) mass is 366 g/mol. The van der Waals surface area contributed by atoms with Crippen molar-refractivity contribution in [3.05, 3.63) is 52.7 Å². The maximum absolute atomic E-state index is 11.7. The third-order valence-electron chi connectivity index (χ3n) is 2.75. The van der Waals surface area contributed by atoms with Crippen molar-refractivity contribution < 1.29 is 22.7 Å². The summed E-state index contributed by atoms with van der Waals surface area (Å²) in [4.78, 5) is 23.1. The fourth-order valence-corrected chi connectivity index (χ4v) is 2.85. The van der Waals surface area contributed by atoms with Crippen LogP contribution in [-0.4, -0.2) is 26.9 Å². The third kappa shape index (κ3) is 5.61. The van der Waals surface area contributed by atoms with Crippen LogP contribution in [0.5, 0.6) is 0 Å². The van der Waals surface area contributed by atoms with Crippen molar-refractivity contribution >= 4 is 45.0 Å². The maximum Gasteiger partial charge on any atom is 0.331 e. The van der Waals surface area contributed by atoms with E-state index in [-0.39, 0.29) is 10.6 Å². The largest absolute Gasteiger partial charge is 0.452 e. The number of carbonyl (C=O) groups excluding carboxylic acids is 2. The van der Waals surface area contributed by atoms with E-state index in [0.717, 1.165) is 5.56 Å². The Balaban J connectivity index is 1.86. The van der Waals surface area contributed by atoms with E-state index in [4.69, 9.17) is 9.88 Å². The van der Waals surface area contributed by atoms with Gasteiger partial charge in [-0.1, -0.05) is 6.07 Å². The average molecular weight is 366 g/mol. The number of primary sulfonamides is 1. The predicted molar refractivity (Wildman–Crippen MR) is 90.8 cm³/mol. The lowest BCUT2D eigenvalue weighted by Gasteiger charge is -2.06. The molecule has 0 atom stereocenters. The van der Waals surface area contributed by atoms with E-state index in [9.17, 15) is 18.0 Å². The van der Waals surface area contributed by atoms with Gasteiger partial charge in [0.1, 0.15) is 0 Å². The van der Waals surface area contributed by atoms with Crippen molar-refractivity contribution in [2.45, 2.75) is 4.90 Å². The zero-order valence-electron chi connectivity index (χ0n) is 12.3. The summed E-state index contributed by atoms with van der Waals surface area (Å²) >= 11 is 1.49. The molecule has 7 nitrogen and oxygen atoms in total. The molecule has 0 radical (unpaired) electrons. The topological polar surface area (TPSA) is 116 Å². The van der Waals surface area contributed by atoms with Gasteiger partial charge in [-0.05, 0) is 46.7 Å². The molecule has 3 N–H and O–H groups in total. The van der Waals surface area contributed by atoms with Gasteiger partial charge in [-0.2, -0.15) is 11.3 Å². The Bertz CT molecular complexity index is 858. The number of hydrogen-bond donors (Lipinski definition) is 2. The van der Waals surface area contributed by atoms with E-state index in [2.05, 4.69) is 5.32 Å². The number of amides is 1. The van der Waals surface area contributed by atoms with Gasteiger partial charge >= 0.3 is 5.97 Å². The lowest BCUT2D eigenvalue weighted by atomic mass is 10.3. The Labute approximate surface area is 142 Å². The highest BCUT2D eigenvalue weighted by molar-refractivity contribution is 7.89. The number of nitrogens with two attached hydrogens (primary N) is 1. The van der Waals surface area contributed by atoms with Gasteiger partial charge in [-0.25, -0.2) is 18.4 Å². The number of hydrogen-bond acceptors (Lipinski definition) is 6. The number of sulfonamides is 1. The van der Waals surface area contributed by atoms with Gasteiger partial charge in [0.05, 0.1) is 4.90 Å². The minimum atomic E-state index is -3.86. The van der Waals surface area contributed by atoms with Gasteiger partial charge in [0, 0.05) is 11.8 Å². The molecule has 2 rings (SSSR count). The third-order valence-corrected chi connectivity index (χ3v) is 4.36. The van der Waals surface area contributed by atoms with Gasteiger partial charge in [0.15, 0.2) is 6.61 Å². The highest BCUT2D eigenvalue weighted by Crippen LogP contribution is 2.14. The summed E-state index contributed by atoms with van der Waals surface area (Å²) in [5, 5.41) is 11.2. The van der Waals surface area contributed by atoms with Crippen LogP contribution in [0.3, 0.4) is 0 Å². The first-order valence-corrected chi connectivity index (χ1v) is 9.13. The van der Waals surface area contributed by atoms with Crippen molar-refractivity contribution in [1.29, 1.82) is 0 Å². The first kappa shape index (κ1) is 17.9. The van der Waals surface area contributed by atoms with Crippen molar-refractivity contribution in [3.63, 3.8) is 0 Å². The molecule has 9 heteroatoms. The van der Waals surface area contributed by atoms with Crippen LogP contribution < -0.4 is 10.5 Å². The zero-order chi connectivity index (χ0) is 17.6. The second-order valence-electron chi connectivity index (χ2n) is 4.62. The SMILES string of the molecule is NS(=O)(=O)c1cccc(NC(=O)COC(=O)/C=C/c2ccsc2)c1. The van der Waals surface area contributed by atoms with E-state index in [1.807, 2.05) is 16.8 Å². The van der Waals surface area contributed by atoms with E-state index in [0.29, 0.717) is 0 Å². The molecule has 2 aromatic rings. The summed E-state index contributed by atoms with van der Waals surface area (Å²) in [5.41, 5.74) is 1.09. The molecule has 0 aliphatic heterocycles. The number of carbonyl (C=O) groups is 2. The molecular weight excluding hydrogens is 352 g/mol. The molecule has 0 saturated heterocycles. The molecule has 0 spiro atoms. The van der Waals surface area contributed by atoms with Crippen molar-refractivity contribution in [1.82, 2.24) is 0 Å². The quantitative estimate of drug-likeness (QED) is 0.595. The summed E-state index contributed by atoms with van der Waals surface area (Å²) in [6.45, 7) is -0.494. The second-order valence-corrected chi connectivity index (χ2v) is 6.96. The van der Waals surface area contributed by atoms with Crippen LogP contribution in [0.1, 0.15) is 5.56 Å². The van der Waals surface area contributed by atoms with Crippen molar-refractivity contribution in [2.24, 2.45) is 5.14 Å². The van der Waals surface area contributed by atoms with Crippen LogP contribution >= 0.6 is 11.3 Å². The summed E-state index contributed by atoms with van der Waals surface area (Å²) in [6, 6.07) is 7.28. The van der Waals surface area contributed by atoms with E-state index < -0.39 is 28.5 Å². The number of thiophene rings is 1. The minimum absolute atomic E-state index is 0.129. The molecule has 1 amide bonds. The van der Waals surface area contributed by atoms with Gasteiger partial charge in [0.2, 0.25) is 10.0 Å². The highest BCUT2D eigenvalue weighted by Gasteiger charge is 2.10. The van der Waals surface area contributed by atoms with E-state index >= 15 is 0 Å². The van der Waals surface area contributed by atoms with Gasteiger partial charge in [-0.15, -0.1) is 0 Å². The van der Waals surface area contributed by atoms with Crippen LogP contribution in [-0.2, 0) is 24.3 Å². The molecule has 0 bridgehead atoms.